The van der Waals surface area contributed by atoms with Crippen molar-refractivity contribution in [2.24, 2.45) is 5.73 Å². The summed E-state index contributed by atoms with van der Waals surface area (Å²) in [5, 5.41) is 12.2. The molecule has 1 aromatic heterocycles. The van der Waals surface area contributed by atoms with Gasteiger partial charge in [-0.1, -0.05) is 24.3 Å². The number of nitrogens with zero attached hydrogens (tertiary/aromatic N) is 4. The van der Waals surface area contributed by atoms with E-state index in [4.69, 9.17) is 5.73 Å². The number of amides is 2. The molecular weight excluding hydrogens is 400 g/mol. The third kappa shape index (κ3) is 6.17. The summed E-state index contributed by atoms with van der Waals surface area (Å²) >= 11 is 1.35. The van der Waals surface area contributed by atoms with Crippen LogP contribution >= 0.6 is 11.8 Å². The summed E-state index contributed by atoms with van der Waals surface area (Å²) in [6, 6.07) is 6.48. The Hall–Kier alpha value is -2.65. The van der Waals surface area contributed by atoms with Gasteiger partial charge in [-0.15, -0.1) is 16.8 Å². The highest BCUT2D eigenvalue weighted by molar-refractivity contribution is 7.99. The van der Waals surface area contributed by atoms with Crippen LogP contribution in [0.2, 0.25) is 0 Å². The van der Waals surface area contributed by atoms with Crippen LogP contribution in [0.25, 0.3) is 0 Å². The quantitative estimate of drug-likeness (QED) is 0.444. The van der Waals surface area contributed by atoms with Crippen molar-refractivity contribution in [1.29, 1.82) is 0 Å². The fraction of sp³-hybridized carbons (Fsp3) is 0.429. The lowest BCUT2D eigenvalue weighted by molar-refractivity contribution is -0.113. The Kier molecular flexibility index (Phi) is 8.04. The molecular formula is C21H28N6O2S. The molecule has 0 atom stereocenters. The number of carbonyl (C=O) groups excluding carboxylic acids is 2. The van der Waals surface area contributed by atoms with Crippen molar-refractivity contribution in [3.63, 3.8) is 0 Å². The Bertz CT molecular complexity index is 874. The summed E-state index contributed by atoms with van der Waals surface area (Å²) in [5.41, 5.74) is 6.24. The molecule has 2 aromatic rings. The zero-order valence-corrected chi connectivity index (χ0v) is 17.9. The van der Waals surface area contributed by atoms with Gasteiger partial charge in [0.05, 0.1) is 5.75 Å². The minimum absolute atomic E-state index is 0.158. The number of hydrogen-bond acceptors (Lipinski definition) is 6. The van der Waals surface area contributed by atoms with E-state index in [1.54, 1.807) is 24.3 Å². The van der Waals surface area contributed by atoms with E-state index in [0.717, 1.165) is 31.9 Å². The van der Waals surface area contributed by atoms with Gasteiger partial charge in [0.1, 0.15) is 5.82 Å². The van der Waals surface area contributed by atoms with Crippen LogP contribution in [0.4, 0.5) is 5.69 Å². The monoisotopic (exact) mass is 428 g/mol. The number of hydrogen-bond donors (Lipinski definition) is 2. The highest BCUT2D eigenvalue weighted by atomic mass is 32.2. The average molecular weight is 429 g/mol. The molecule has 9 heteroatoms. The van der Waals surface area contributed by atoms with Gasteiger partial charge in [-0.3, -0.25) is 9.59 Å². The van der Waals surface area contributed by atoms with Gasteiger partial charge in [0, 0.05) is 30.8 Å². The van der Waals surface area contributed by atoms with Crippen molar-refractivity contribution in [1.82, 2.24) is 19.7 Å². The molecule has 0 unspecified atom stereocenters. The average Bonchev–Trinajstić information content (AvgIpc) is 3.14. The van der Waals surface area contributed by atoms with Crippen molar-refractivity contribution in [2.45, 2.75) is 37.4 Å². The lowest BCUT2D eigenvalue weighted by Crippen LogP contribution is -2.32. The van der Waals surface area contributed by atoms with E-state index in [2.05, 4.69) is 27.0 Å². The number of nitrogens with one attached hydrogen (secondary N) is 1. The number of piperidine rings is 1. The van der Waals surface area contributed by atoms with Gasteiger partial charge < -0.3 is 20.5 Å². The van der Waals surface area contributed by atoms with Gasteiger partial charge in [0.2, 0.25) is 11.8 Å². The second-order valence-corrected chi connectivity index (χ2v) is 8.17. The number of nitrogens with two attached hydrogens (primary N) is 1. The molecule has 1 saturated heterocycles. The minimum atomic E-state index is -0.499. The molecule has 0 bridgehead atoms. The summed E-state index contributed by atoms with van der Waals surface area (Å²) < 4.78 is 2.02. The second-order valence-electron chi connectivity index (χ2n) is 7.23. The highest BCUT2D eigenvalue weighted by Crippen LogP contribution is 2.19. The molecule has 3 rings (SSSR count). The lowest BCUT2D eigenvalue weighted by Gasteiger charge is -2.26. The van der Waals surface area contributed by atoms with Crippen LogP contribution in [-0.2, 0) is 17.8 Å². The standard InChI is InChI=1S/C21H28N6O2S/c1-2-11-27-18(10-14-26-12-4-3-5-13-26)24-25-21(27)30-15-19(28)23-17-8-6-16(7-9-17)20(22)29/h2,6-9H,1,3-5,10-15H2,(H2,22,29)(H,23,28). The smallest absolute Gasteiger partial charge is 0.248 e. The number of primary amides is 1. The summed E-state index contributed by atoms with van der Waals surface area (Å²) in [6.45, 7) is 7.72. The summed E-state index contributed by atoms with van der Waals surface area (Å²) in [6.07, 6.45) is 6.50. The zero-order chi connectivity index (χ0) is 21.3. The number of likely N-dealkylation sites (tertiary alicyclic amines) is 1. The maximum Gasteiger partial charge on any atom is 0.248 e. The Labute approximate surface area is 180 Å². The molecule has 30 heavy (non-hydrogen) atoms. The van der Waals surface area contributed by atoms with Crippen LogP contribution in [0.3, 0.4) is 0 Å². The SMILES string of the molecule is C=CCn1c(CCN2CCCCC2)nnc1SCC(=O)Nc1ccc(C(N)=O)cc1. The van der Waals surface area contributed by atoms with Crippen molar-refractivity contribution < 1.29 is 9.59 Å². The normalized spacial score (nSPS) is 14.4. The molecule has 8 nitrogen and oxygen atoms in total. The Balaban J connectivity index is 1.54. The Morgan fingerprint density at radius 1 is 1.17 bits per heavy atom. The molecule has 0 spiro atoms. The maximum absolute atomic E-state index is 12.3. The number of carbonyl (C=O) groups is 2. The topological polar surface area (TPSA) is 106 Å². The third-order valence-electron chi connectivity index (χ3n) is 4.99. The maximum atomic E-state index is 12.3. The van der Waals surface area contributed by atoms with E-state index in [9.17, 15) is 9.59 Å². The first-order valence-electron chi connectivity index (χ1n) is 10.1. The summed E-state index contributed by atoms with van der Waals surface area (Å²) in [4.78, 5) is 25.9. The van der Waals surface area contributed by atoms with Crippen molar-refractivity contribution in [2.75, 3.05) is 30.7 Å². The van der Waals surface area contributed by atoms with Gasteiger partial charge in [0.15, 0.2) is 5.16 Å². The van der Waals surface area contributed by atoms with Crippen LogP contribution in [0, 0.1) is 0 Å². The number of aromatic nitrogens is 3. The molecule has 1 fully saturated rings. The van der Waals surface area contributed by atoms with E-state index in [1.165, 1.54) is 31.0 Å². The van der Waals surface area contributed by atoms with Crippen LogP contribution in [0.1, 0.15) is 35.4 Å². The number of anilines is 1. The van der Waals surface area contributed by atoms with Crippen LogP contribution in [0.5, 0.6) is 0 Å². The lowest BCUT2D eigenvalue weighted by atomic mass is 10.1. The first kappa shape index (κ1) is 22.0. The first-order valence-corrected chi connectivity index (χ1v) is 11.1. The molecule has 3 N–H and O–H groups in total. The molecule has 160 valence electrons. The zero-order valence-electron chi connectivity index (χ0n) is 17.0. The number of rotatable bonds is 10. The van der Waals surface area contributed by atoms with Gasteiger partial charge in [-0.05, 0) is 50.2 Å². The van der Waals surface area contributed by atoms with E-state index >= 15 is 0 Å². The van der Waals surface area contributed by atoms with Gasteiger partial charge in [-0.25, -0.2) is 0 Å². The fourth-order valence-corrected chi connectivity index (χ4v) is 4.18. The van der Waals surface area contributed by atoms with Gasteiger partial charge >= 0.3 is 0 Å². The van der Waals surface area contributed by atoms with E-state index in [-0.39, 0.29) is 11.7 Å². The predicted octanol–water partition coefficient (Wildman–Crippen LogP) is 2.32. The number of thioether (sulfide) groups is 1. The minimum Gasteiger partial charge on any atom is -0.366 e. The fourth-order valence-electron chi connectivity index (χ4n) is 3.41. The van der Waals surface area contributed by atoms with Gasteiger partial charge in [-0.2, -0.15) is 0 Å². The van der Waals surface area contributed by atoms with E-state index in [0.29, 0.717) is 23.0 Å². The van der Waals surface area contributed by atoms with E-state index in [1.807, 2.05) is 10.6 Å². The molecule has 0 aliphatic carbocycles. The second kappa shape index (κ2) is 10.9. The van der Waals surface area contributed by atoms with Gasteiger partial charge in [0.25, 0.3) is 0 Å². The molecule has 2 heterocycles. The van der Waals surface area contributed by atoms with Crippen molar-refractivity contribution in [3.8, 4) is 0 Å². The molecule has 1 aliphatic rings. The summed E-state index contributed by atoms with van der Waals surface area (Å²) in [5.74, 6) is 0.472. The molecule has 2 amide bonds. The Morgan fingerprint density at radius 3 is 2.57 bits per heavy atom. The van der Waals surface area contributed by atoms with Crippen LogP contribution < -0.4 is 11.1 Å². The van der Waals surface area contributed by atoms with Crippen LogP contribution in [-0.4, -0.2) is 56.9 Å². The molecule has 1 aliphatic heterocycles. The van der Waals surface area contributed by atoms with Crippen LogP contribution in [0.15, 0.2) is 42.1 Å². The number of benzene rings is 1. The highest BCUT2D eigenvalue weighted by Gasteiger charge is 2.16. The summed E-state index contributed by atoms with van der Waals surface area (Å²) in [7, 11) is 0. The number of allylic oxidation sites excluding steroid dienone is 1. The molecule has 1 aromatic carbocycles. The van der Waals surface area contributed by atoms with E-state index < -0.39 is 5.91 Å². The predicted molar refractivity (Wildman–Crippen MR) is 119 cm³/mol. The van der Waals surface area contributed by atoms with Crippen molar-refractivity contribution in [3.05, 3.63) is 48.3 Å². The molecule has 0 radical (unpaired) electrons. The largest absolute Gasteiger partial charge is 0.366 e. The Morgan fingerprint density at radius 2 is 1.90 bits per heavy atom. The first-order chi connectivity index (χ1) is 14.6. The third-order valence-corrected chi connectivity index (χ3v) is 5.96. The van der Waals surface area contributed by atoms with Crippen molar-refractivity contribution >= 4 is 29.3 Å². The molecule has 0 saturated carbocycles.